The number of carbonyl (C=O) groups is 3. The van der Waals surface area contributed by atoms with Crippen LogP contribution in [0.3, 0.4) is 0 Å². The van der Waals surface area contributed by atoms with Crippen LogP contribution in [0.15, 0.2) is 36.0 Å². The fraction of sp³-hybridized carbons (Fsp3) is 0.640. The second-order valence-electron chi connectivity index (χ2n) is 10.4. The number of ether oxygens (including phenoxy) is 4. The Balaban J connectivity index is 1.07. The summed E-state index contributed by atoms with van der Waals surface area (Å²) in [5, 5.41) is 10.4. The maximum atomic E-state index is 12.5. The van der Waals surface area contributed by atoms with Crippen molar-refractivity contribution < 1.29 is 38.4 Å². The van der Waals surface area contributed by atoms with Crippen LogP contribution in [0.5, 0.6) is 0 Å². The standard InChI is InChI=1S/C25H28O8/c26-20-18(21(27)31-24(30-20)12-14-6-8-16(24)10-14)4-2-1-3-5-19-22(28)32-25(33-23(19)29)13-15-7-9-17(25)11-15/h1-5,14-18,20,26H,6-13H2. The quantitative estimate of drug-likeness (QED) is 0.299. The van der Waals surface area contributed by atoms with E-state index in [-0.39, 0.29) is 17.4 Å². The molecule has 7 unspecified atom stereocenters. The molecule has 33 heavy (non-hydrogen) atoms. The lowest BCUT2D eigenvalue weighted by atomic mass is 9.92. The van der Waals surface area contributed by atoms with Crippen LogP contribution in [0.4, 0.5) is 0 Å². The SMILES string of the molecule is O=C1OC2(CC3CCC2C3)OC(=O)C1=CC=CC=CC1C(=O)OC2(CC3CCC2C3)OC1O. The molecule has 0 aromatic heterocycles. The first-order valence-corrected chi connectivity index (χ1v) is 12.0. The van der Waals surface area contributed by atoms with E-state index in [1.807, 2.05) is 0 Å². The molecular formula is C25H28O8. The zero-order valence-electron chi connectivity index (χ0n) is 18.3. The molecular weight excluding hydrogens is 428 g/mol. The zero-order valence-corrected chi connectivity index (χ0v) is 18.3. The first kappa shape index (κ1) is 21.1. The molecule has 7 atom stereocenters. The van der Waals surface area contributed by atoms with Crippen LogP contribution < -0.4 is 0 Å². The highest BCUT2D eigenvalue weighted by Gasteiger charge is 2.60. The number of fused-ring (bicyclic) bond motifs is 6. The van der Waals surface area contributed by atoms with E-state index in [0.29, 0.717) is 24.7 Å². The third kappa shape index (κ3) is 3.37. The number of aliphatic hydroxyl groups excluding tert-OH is 1. The van der Waals surface area contributed by atoms with Crippen molar-refractivity contribution in [2.45, 2.75) is 69.2 Å². The molecule has 6 fully saturated rings. The molecule has 176 valence electrons. The fourth-order valence-corrected chi connectivity index (χ4v) is 6.87. The summed E-state index contributed by atoms with van der Waals surface area (Å²) < 4.78 is 22.6. The van der Waals surface area contributed by atoms with E-state index in [9.17, 15) is 19.5 Å². The summed E-state index contributed by atoms with van der Waals surface area (Å²) in [7, 11) is 0. The molecule has 0 radical (unpaired) electrons. The van der Waals surface area contributed by atoms with Crippen molar-refractivity contribution >= 4 is 17.9 Å². The Hall–Kier alpha value is -2.45. The van der Waals surface area contributed by atoms with Crippen LogP contribution in [0.2, 0.25) is 0 Å². The van der Waals surface area contributed by atoms with Crippen LogP contribution in [0, 0.1) is 29.6 Å². The van der Waals surface area contributed by atoms with Gasteiger partial charge >= 0.3 is 17.9 Å². The first-order chi connectivity index (χ1) is 15.9. The van der Waals surface area contributed by atoms with Gasteiger partial charge in [0.2, 0.25) is 5.79 Å². The van der Waals surface area contributed by atoms with E-state index >= 15 is 0 Å². The van der Waals surface area contributed by atoms with Crippen LogP contribution >= 0.6 is 0 Å². The summed E-state index contributed by atoms with van der Waals surface area (Å²) in [6, 6.07) is 0. The lowest BCUT2D eigenvalue weighted by Gasteiger charge is -2.43. The number of rotatable bonds is 3. The van der Waals surface area contributed by atoms with Gasteiger partial charge in [-0.15, -0.1) is 0 Å². The summed E-state index contributed by atoms with van der Waals surface area (Å²) in [5.41, 5.74) is -0.160. The Labute approximate surface area is 191 Å². The molecule has 8 nitrogen and oxygen atoms in total. The molecule has 2 heterocycles. The highest BCUT2D eigenvalue weighted by molar-refractivity contribution is 6.15. The maximum absolute atomic E-state index is 12.5. The van der Waals surface area contributed by atoms with Crippen molar-refractivity contribution in [1.82, 2.24) is 0 Å². The van der Waals surface area contributed by atoms with Gasteiger partial charge in [-0.1, -0.05) is 24.3 Å². The molecule has 4 bridgehead atoms. The topological polar surface area (TPSA) is 108 Å². The van der Waals surface area contributed by atoms with E-state index in [4.69, 9.17) is 18.9 Å². The molecule has 4 saturated carbocycles. The lowest BCUT2D eigenvalue weighted by Crippen LogP contribution is -2.54. The summed E-state index contributed by atoms with van der Waals surface area (Å²) in [6.07, 6.45) is 13.4. The molecule has 2 saturated heterocycles. The minimum Gasteiger partial charge on any atom is -0.432 e. The van der Waals surface area contributed by atoms with Gasteiger partial charge in [-0.05, 0) is 56.4 Å². The largest absolute Gasteiger partial charge is 0.432 e. The van der Waals surface area contributed by atoms with E-state index in [2.05, 4.69) is 0 Å². The van der Waals surface area contributed by atoms with E-state index < -0.39 is 41.7 Å². The lowest BCUT2D eigenvalue weighted by molar-refractivity contribution is -0.339. The summed E-state index contributed by atoms with van der Waals surface area (Å²) in [5.74, 6) is -3.61. The van der Waals surface area contributed by atoms with Crippen molar-refractivity contribution in [3.8, 4) is 0 Å². The minimum absolute atomic E-state index is 0.0952. The predicted molar refractivity (Wildman–Crippen MR) is 112 cm³/mol. The Morgan fingerprint density at radius 3 is 1.97 bits per heavy atom. The molecule has 6 rings (SSSR count). The molecule has 6 aliphatic rings. The van der Waals surface area contributed by atoms with Gasteiger partial charge in [-0.2, -0.15) is 0 Å². The molecule has 0 aromatic rings. The Kier molecular flexibility index (Phi) is 4.82. The molecule has 8 heteroatoms. The average molecular weight is 456 g/mol. The molecule has 1 N–H and O–H groups in total. The highest BCUT2D eigenvalue weighted by atomic mass is 16.8. The Bertz CT molecular complexity index is 959. The van der Waals surface area contributed by atoms with E-state index in [0.717, 1.165) is 38.5 Å². The second-order valence-corrected chi connectivity index (χ2v) is 10.4. The zero-order chi connectivity index (χ0) is 22.8. The van der Waals surface area contributed by atoms with Crippen LogP contribution in [0.25, 0.3) is 0 Å². The van der Waals surface area contributed by atoms with E-state index in [1.54, 1.807) is 12.2 Å². The van der Waals surface area contributed by atoms with Crippen molar-refractivity contribution in [2.75, 3.05) is 0 Å². The summed E-state index contributed by atoms with van der Waals surface area (Å²) >= 11 is 0. The number of hydrogen-bond acceptors (Lipinski definition) is 8. The van der Waals surface area contributed by atoms with Crippen LogP contribution in [-0.2, 0) is 33.3 Å². The molecule has 2 spiro atoms. The summed E-state index contributed by atoms with van der Waals surface area (Å²) in [4.78, 5) is 37.5. The van der Waals surface area contributed by atoms with Gasteiger partial charge in [-0.3, -0.25) is 4.79 Å². The maximum Gasteiger partial charge on any atom is 0.348 e. The van der Waals surface area contributed by atoms with Gasteiger partial charge < -0.3 is 24.1 Å². The van der Waals surface area contributed by atoms with Crippen molar-refractivity contribution in [3.05, 3.63) is 36.0 Å². The van der Waals surface area contributed by atoms with Gasteiger partial charge in [0.15, 0.2) is 6.29 Å². The molecule has 0 amide bonds. The molecule has 4 aliphatic carbocycles. The van der Waals surface area contributed by atoms with Gasteiger partial charge in [0.05, 0.1) is 0 Å². The van der Waals surface area contributed by atoms with Gasteiger partial charge in [0.25, 0.3) is 5.79 Å². The molecule has 0 aromatic carbocycles. The fourth-order valence-electron chi connectivity index (χ4n) is 6.87. The third-order valence-electron chi connectivity index (χ3n) is 8.42. The van der Waals surface area contributed by atoms with Crippen LogP contribution in [0.1, 0.15) is 51.4 Å². The monoisotopic (exact) mass is 456 g/mol. The normalized spacial score (nSPS) is 46.1. The second kappa shape index (κ2) is 7.53. The smallest absolute Gasteiger partial charge is 0.348 e. The van der Waals surface area contributed by atoms with E-state index in [1.165, 1.54) is 18.2 Å². The third-order valence-corrected chi connectivity index (χ3v) is 8.42. The number of aliphatic hydroxyl groups is 1. The Morgan fingerprint density at radius 1 is 0.788 bits per heavy atom. The van der Waals surface area contributed by atoms with Gasteiger partial charge in [0.1, 0.15) is 11.5 Å². The highest BCUT2D eigenvalue weighted by Crippen LogP contribution is 2.56. The number of hydrogen-bond donors (Lipinski definition) is 1. The molecule has 2 aliphatic heterocycles. The number of esters is 3. The van der Waals surface area contributed by atoms with Crippen molar-refractivity contribution in [3.63, 3.8) is 0 Å². The minimum atomic E-state index is -1.27. The average Bonchev–Trinajstić information content (AvgIpc) is 3.52. The van der Waals surface area contributed by atoms with Crippen molar-refractivity contribution in [2.24, 2.45) is 29.6 Å². The Morgan fingerprint density at radius 2 is 1.42 bits per heavy atom. The number of allylic oxidation sites excluding steroid dienone is 4. The van der Waals surface area contributed by atoms with Gasteiger partial charge in [-0.25, -0.2) is 9.59 Å². The first-order valence-electron chi connectivity index (χ1n) is 12.0. The van der Waals surface area contributed by atoms with Gasteiger partial charge in [0, 0.05) is 24.7 Å². The number of carbonyl (C=O) groups excluding carboxylic acids is 3. The summed E-state index contributed by atoms with van der Waals surface area (Å²) in [6.45, 7) is 0. The predicted octanol–water partition coefficient (Wildman–Crippen LogP) is 2.67. The van der Waals surface area contributed by atoms with Crippen LogP contribution in [-0.4, -0.2) is 40.9 Å². The van der Waals surface area contributed by atoms with Crippen molar-refractivity contribution in [1.29, 1.82) is 0 Å².